The van der Waals surface area contributed by atoms with Gasteiger partial charge in [0.2, 0.25) is 5.88 Å². The Bertz CT molecular complexity index is 471. The first-order chi connectivity index (χ1) is 7.69. The van der Waals surface area contributed by atoms with E-state index in [4.69, 9.17) is 4.74 Å². The molecule has 3 nitrogen and oxygen atoms in total. The third-order valence-electron chi connectivity index (χ3n) is 2.53. The van der Waals surface area contributed by atoms with Gasteiger partial charge in [0.15, 0.2) is 0 Å². The van der Waals surface area contributed by atoms with Crippen molar-refractivity contribution in [2.75, 3.05) is 7.11 Å². The van der Waals surface area contributed by atoms with Gasteiger partial charge in [-0.1, -0.05) is 29.8 Å². The number of ether oxygens (including phenoxy) is 1. The predicted molar refractivity (Wildman–Crippen MR) is 63.8 cm³/mol. The number of nitrogens with zero attached hydrogens (tertiary/aromatic N) is 2. The van der Waals surface area contributed by atoms with Gasteiger partial charge in [-0.2, -0.15) is 5.10 Å². The van der Waals surface area contributed by atoms with Crippen molar-refractivity contribution in [3.8, 4) is 5.88 Å². The van der Waals surface area contributed by atoms with Crippen LogP contribution in [-0.4, -0.2) is 16.9 Å². The van der Waals surface area contributed by atoms with Crippen LogP contribution in [0.1, 0.15) is 16.8 Å². The molecule has 0 radical (unpaired) electrons. The number of methoxy groups -OCH3 is 1. The van der Waals surface area contributed by atoms with E-state index in [0.29, 0.717) is 0 Å². The van der Waals surface area contributed by atoms with Gasteiger partial charge in [0.05, 0.1) is 19.3 Å². The quantitative estimate of drug-likeness (QED) is 0.788. The number of aryl methyl sites for hydroxylation is 2. The molecule has 16 heavy (non-hydrogen) atoms. The summed E-state index contributed by atoms with van der Waals surface area (Å²) in [5.41, 5.74) is 3.48. The van der Waals surface area contributed by atoms with Crippen LogP contribution >= 0.6 is 0 Å². The monoisotopic (exact) mass is 216 g/mol. The molecular formula is C13H16N2O. The molecule has 0 aliphatic rings. The van der Waals surface area contributed by atoms with Gasteiger partial charge in [0.25, 0.3) is 0 Å². The van der Waals surface area contributed by atoms with E-state index in [-0.39, 0.29) is 0 Å². The summed E-state index contributed by atoms with van der Waals surface area (Å²) in [4.78, 5) is 0. The van der Waals surface area contributed by atoms with Crippen molar-refractivity contribution >= 4 is 0 Å². The topological polar surface area (TPSA) is 27.1 Å². The summed E-state index contributed by atoms with van der Waals surface area (Å²) in [6, 6.07) is 10.4. The Morgan fingerprint density at radius 3 is 2.50 bits per heavy atom. The molecule has 0 aliphatic heterocycles. The lowest BCUT2D eigenvalue weighted by Gasteiger charge is -2.06. The Balaban J connectivity index is 2.22. The molecule has 0 spiro atoms. The third kappa shape index (κ3) is 2.24. The Labute approximate surface area is 95.7 Å². The minimum Gasteiger partial charge on any atom is -0.481 e. The fourth-order valence-electron chi connectivity index (χ4n) is 1.67. The van der Waals surface area contributed by atoms with Crippen molar-refractivity contribution in [2.45, 2.75) is 20.4 Å². The average Bonchev–Trinajstić information content (AvgIpc) is 2.62. The highest BCUT2D eigenvalue weighted by molar-refractivity contribution is 5.23. The summed E-state index contributed by atoms with van der Waals surface area (Å²) in [6.45, 7) is 4.80. The second-order valence-corrected chi connectivity index (χ2v) is 3.97. The maximum absolute atomic E-state index is 5.26. The summed E-state index contributed by atoms with van der Waals surface area (Å²) in [7, 11) is 1.67. The van der Waals surface area contributed by atoms with Crippen LogP contribution in [0, 0.1) is 13.8 Å². The van der Waals surface area contributed by atoms with Crippen LogP contribution in [0.25, 0.3) is 0 Å². The van der Waals surface area contributed by atoms with Crippen LogP contribution < -0.4 is 4.74 Å². The zero-order chi connectivity index (χ0) is 11.5. The van der Waals surface area contributed by atoms with Crippen molar-refractivity contribution in [3.63, 3.8) is 0 Å². The first-order valence-electron chi connectivity index (χ1n) is 5.33. The van der Waals surface area contributed by atoms with Gasteiger partial charge in [0, 0.05) is 6.07 Å². The summed E-state index contributed by atoms with van der Waals surface area (Å²) in [6.07, 6.45) is 0. The van der Waals surface area contributed by atoms with E-state index >= 15 is 0 Å². The maximum atomic E-state index is 5.26. The highest BCUT2D eigenvalue weighted by atomic mass is 16.5. The Morgan fingerprint density at radius 2 is 1.88 bits per heavy atom. The zero-order valence-corrected chi connectivity index (χ0v) is 9.90. The first kappa shape index (κ1) is 10.7. The molecule has 0 saturated carbocycles. The van der Waals surface area contributed by atoms with E-state index < -0.39 is 0 Å². The van der Waals surface area contributed by atoms with Crippen molar-refractivity contribution in [2.24, 2.45) is 0 Å². The summed E-state index contributed by atoms with van der Waals surface area (Å²) < 4.78 is 7.14. The lowest BCUT2D eigenvalue weighted by Crippen LogP contribution is -2.04. The summed E-state index contributed by atoms with van der Waals surface area (Å²) >= 11 is 0. The van der Waals surface area contributed by atoms with Gasteiger partial charge in [0.1, 0.15) is 0 Å². The minimum absolute atomic E-state index is 0.747. The second kappa shape index (κ2) is 4.39. The molecule has 2 rings (SSSR count). The number of hydrogen-bond acceptors (Lipinski definition) is 2. The van der Waals surface area contributed by atoms with Crippen LogP contribution in [0.5, 0.6) is 5.88 Å². The summed E-state index contributed by atoms with van der Waals surface area (Å²) in [5.74, 6) is 0.804. The minimum atomic E-state index is 0.747. The molecule has 0 amide bonds. The molecule has 0 fully saturated rings. The third-order valence-corrected chi connectivity index (χ3v) is 2.53. The van der Waals surface area contributed by atoms with E-state index in [1.165, 1.54) is 11.1 Å². The molecule has 1 heterocycles. The van der Waals surface area contributed by atoms with Crippen molar-refractivity contribution in [1.29, 1.82) is 0 Å². The first-order valence-corrected chi connectivity index (χ1v) is 5.33. The highest BCUT2D eigenvalue weighted by Crippen LogP contribution is 2.14. The smallest absolute Gasteiger partial charge is 0.212 e. The lowest BCUT2D eigenvalue weighted by molar-refractivity contribution is 0.366. The second-order valence-electron chi connectivity index (χ2n) is 3.97. The van der Waals surface area contributed by atoms with Crippen molar-refractivity contribution < 1.29 is 4.74 Å². The number of hydrogen-bond donors (Lipinski definition) is 0. The van der Waals surface area contributed by atoms with Gasteiger partial charge in [-0.05, 0) is 19.4 Å². The van der Waals surface area contributed by atoms with Crippen LogP contribution in [0.2, 0.25) is 0 Å². The number of benzene rings is 1. The van der Waals surface area contributed by atoms with Crippen LogP contribution in [0.15, 0.2) is 30.3 Å². The van der Waals surface area contributed by atoms with Gasteiger partial charge < -0.3 is 4.74 Å². The molecule has 84 valence electrons. The molecule has 0 bridgehead atoms. The molecule has 2 aromatic rings. The van der Waals surface area contributed by atoms with E-state index in [0.717, 1.165) is 18.1 Å². The molecule has 0 N–H and O–H groups in total. The van der Waals surface area contributed by atoms with E-state index in [2.05, 4.69) is 36.3 Å². The Morgan fingerprint density at radius 1 is 1.19 bits per heavy atom. The largest absolute Gasteiger partial charge is 0.481 e. The molecule has 1 aromatic heterocycles. The molecule has 3 heteroatoms. The molecule has 0 aliphatic carbocycles. The fraction of sp³-hybridized carbons (Fsp3) is 0.308. The number of rotatable bonds is 3. The Kier molecular flexibility index (Phi) is 2.95. The predicted octanol–water partition coefficient (Wildman–Crippen LogP) is 2.56. The maximum Gasteiger partial charge on any atom is 0.212 e. The number of aromatic nitrogens is 2. The molecule has 0 saturated heterocycles. The average molecular weight is 216 g/mol. The molecular weight excluding hydrogens is 200 g/mol. The molecule has 1 aromatic carbocycles. The van der Waals surface area contributed by atoms with E-state index in [1.54, 1.807) is 7.11 Å². The molecule has 0 atom stereocenters. The Hall–Kier alpha value is -1.77. The van der Waals surface area contributed by atoms with Crippen LogP contribution in [-0.2, 0) is 6.54 Å². The van der Waals surface area contributed by atoms with Gasteiger partial charge in [-0.25, -0.2) is 4.68 Å². The SMILES string of the molecule is COc1cc(C)nn1Cc1ccc(C)cc1. The van der Waals surface area contributed by atoms with Crippen molar-refractivity contribution in [1.82, 2.24) is 9.78 Å². The standard InChI is InChI=1S/C13H16N2O/c1-10-4-6-12(7-5-10)9-15-13(16-3)8-11(2)14-15/h4-8H,9H2,1-3H3. The van der Waals surface area contributed by atoms with E-state index in [9.17, 15) is 0 Å². The van der Waals surface area contributed by atoms with Gasteiger partial charge in [-0.3, -0.25) is 0 Å². The normalized spacial score (nSPS) is 10.4. The van der Waals surface area contributed by atoms with Crippen LogP contribution in [0.3, 0.4) is 0 Å². The highest BCUT2D eigenvalue weighted by Gasteiger charge is 2.05. The van der Waals surface area contributed by atoms with Gasteiger partial charge in [-0.15, -0.1) is 0 Å². The van der Waals surface area contributed by atoms with Gasteiger partial charge >= 0.3 is 0 Å². The lowest BCUT2D eigenvalue weighted by atomic mass is 10.1. The molecule has 0 unspecified atom stereocenters. The zero-order valence-electron chi connectivity index (χ0n) is 9.90. The van der Waals surface area contributed by atoms with Crippen LogP contribution in [0.4, 0.5) is 0 Å². The summed E-state index contributed by atoms with van der Waals surface area (Å²) in [5, 5.41) is 4.39. The van der Waals surface area contributed by atoms with Crippen molar-refractivity contribution in [3.05, 3.63) is 47.2 Å². The van der Waals surface area contributed by atoms with E-state index in [1.807, 2.05) is 17.7 Å². The fourth-order valence-corrected chi connectivity index (χ4v) is 1.67.